The van der Waals surface area contributed by atoms with Gasteiger partial charge < -0.3 is 15.2 Å². The lowest BCUT2D eigenvalue weighted by atomic mass is 9.92. The molecular weight excluding hydrogens is 338 g/mol. The molecule has 0 amide bonds. The molecule has 0 saturated carbocycles. The summed E-state index contributed by atoms with van der Waals surface area (Å²) in [5.74, 6) is 3.37. The lowest BCUT2D eigenvalue weighted by molar-refractivity contribution is 0.400. The third-order valence-corrected chi connectivity index (χ3v) is 4.35. The Morgan fingerprint density at radius 3 is 2.07 bits per heavy atom. The number of aryl methyl sites for hydroxylation is 2. The minimum atomic E-state index is 0.407. The van der Waals surface area contributed by atoms with E-state index in [2.05, 4.69) is 71.7 Å². The van der Waals surface area contributed by atoms with Gasteiger partial charge in [-0.2, -0.15) is 4.98 Å². The molecule has 2 aromatic heterocycles. The Hall–Kier alpha value is -2.89. The van der Waals surface area contributed by atoms with Crippen molar-refractivity contribution in [3.8, 4) is 0 Å². The molecule has 2 N–H and O–H groups in total. The average molecular weight is 365 g/mol. The van der Waals surface area contributed by atoms with E-state index in [4.69, 9.17) is 4.52 Å². The summed E-state index contributed by atoms with van der Waals surface area (Å²) in [4.78, 5) is 9.07. The quantitative estimate of drug-likeness (QED) is 0.573. The predicted molar refractivity (Wildman–Crippen MR) is 109 cm³/mol. The van der Waals surface area contributed by atoms with E-state index >= 15 is 0 Å². The summed E-state index contributed by atoms with van der Waals surface area (Å²) in [7, 11) is 0. The number of hydrogen-bond donors (Lipinski definition) is 2. The van der Waals surface area contributed by atoms with Crippen molar-refractivity contribution < 1.29 is 4.52 Å². The number of aromatic nitrogens is 3. The van der Waals surface area contributed by atoms with E-state index in [1.807, 2.05) is 26.0 Å². The number of nitrogens with zero attached hydrogens (tertiary/aromatic N) is 3. The van der Waals surface area contributed by atoms with Gasteiger partial charge in [-0.25, -0.2) is 4.98 Å². The fourth-order valence-electron chi connectivity index (χ4n) is 3.05. The molecule has 142 valence electrons. The fraction of sp³-hybridized carbons (Fsp3) is 0.381. The first-order valence-electron chi connectivity index (χ1n) is 9.29. The summed E-state index contributed by atoms with van der Waals surface area (Å²) in [6, 6.07) is 10.2. The van der Waals surface area contributed by atoms with Crippen LogP contribution in [0.25, 0.3) is 0 Å². The molecule has 3 aromatic rings. The maximum absolute atomic E-state index is 5.09. The van der Waals surface area contributed by atoms with Gasteiger partial charge in [-0.1, -0.05) is 51.1 Å². The second-order valence-electron chi connectivity index (χ2n) is 7.41. The maximum Gasteiger partial charge on any atom is 0.230 e. The van der Waals surface area contributed by atoms with E-state index in [-0.39, 0.29) is 0 Å². The summed E-state index contributed by atoms with van der Waals surface area (Å²) >= 11 is 0. The second-order valence-corrected chi connectivity index (χ2v) is 7.41. The molecule has 1 aromatic carbocycles. The highest BCUT2D eigenvalue weighted by Crippen LogP contribution is 2.34. The van der Waals surface area contributed by atoms with Gasteiger partial charge in [0.05, 0.1) is 0 Å². The van der Waals surface area contributed by atoms with E-state index in [9.17, 15) is 0 Å². The van der Waals surface area contributed by atoms with Gasteiger partial charge in [-0.05, 0) is 36.8 Å². The zero-order valence-electron chi connectivity index (χ0n) is 16.8. The number of nitrogens with one attached hydrogen (secondary N) is 2. The molecule has 3 rings (SSSR count). The molecule has 0 atom stereocenters. The van der Waals surface area contributed by atoms with Crippen LogP contribution in [0.15, 0.2) is 34.9 Å². The molecular formula is C21H27N5O. The van der Waals surface area contributed by atoms with Crippen molar-refractivity contribution in [3.63, 3.8) is 0 Å². The minimum Gasteiger partial charge on any atom is -0.360 e. The molecule has 0 unspecified atom stereocenters. The Morgan fingerprint density at radius 2 is 1.52 bits per heavy atom. The van der Waals surface area contributed by atoms with Gasteiger partial charge in [0.2, 0.25) is 5.95 Å². The normalized spacial score (nSPS) is 11.3. The van der Waals surface area contributed by atoms with Crippen LogP contribution in [-0.2, 0) is 0 Å². The summed E-state index contributed by atoms with van der Waals surface area (Å²) in [6.45, 7) is 12.6. The SMILES string of the molecule is Cc1cc(Nc2c(C(C)C)cccc2C(C)C)nc(Nc2cc(C)on2)n1. The smallest absolute Gasteiger partial charge is 0.230 e. The first-order chi connectivity index (χ1) is 12.8. The monoisotopic (exact) mass is 365 g/mol. The summed E-state index contributed by atoms with van der Waals surface area (Å²) in [6.07, 6.45) is 0. The number of hydrogen-bond acceptors (Lipinski definition) is 6. The molecule has 0 radical (unpaired) electrons. The molecule has 0 spiro atoms. The fourth-order valence-corrected chi connectivity index (χ4v) is 3.05. The van der Waals surface area contributed by atoms with Crippen molar-refractivity contribution in [2.24, 2.45) is 0 Å². The Morgan fingerprint density at radius 1 is 0.852 bits per heavy atom. The molecule has 6 nitrogen and oxygen atoms in total. The van der Waals surface area contributed by atoms with E-state index in [1.165, 1.54) is 11.1 Å². The number of para-hydroxylation sites is 1. The largest absolute Gasteiger partial charge is 0.360 e. The predicted octanol–water partition coefficient (Wildman–Crippen LogP) is 5.82. The standard InChI is InChI=1S/C21H27N5O/c1-12(2)16-8-7-9-17(13(3)4)20(16)23-18-10-14(5)22-21(24-18)25-19-11-15(6)27-26-19/h7-13H,1-6H3,(H2,22,23,24,25,26). The van der Waals surface area contributed by atoms with Crippen molar-refractivity contribution in [2.45, 2.75) is 53.4 Å². The van der Waals surface area contributed by atoms with E-state index in [0.717, 1.165) is 23.0 Å². The molecule has 0 aliphatic heterocycles. The van der Waals surface area contributed by atoms with Crippen LogP contribution in [0.5, 0.6) is 0 Å². The van der Waals surface area contributed by atoms with Crippen LogP contribution in [0.4, 0.5) is 23.3 Å². The summed E-state index contributed by atoms with van der Waals surface area (Å²) in [5, 5.41) is 10.6. The molecule has 0 fully saturated rings. The van der Waals surface area contributed by atoms with Gasteiger partial charge in [0.15, 0.2) is 5.82 Å². The lowest BCUT2D eigenvalue weighted by Gasteiger charge is -2.21. The topological polar surface area (TPSA) is 75.9 Å². The van der Waals surface area contributed by atoms with Crippen molar-refractivity contribution in [3.05, 3.63) is 52.9 Å². The molecule has 0 saturated heterocycles. The Kier molecular flexibility index (Phi) is 5.44. The average Bonchev–Trinajstić information content (AvgIpc) is 2.98. The van der Waals surface area contributed by atoms with Gasteiger partial charge in [0.25, 0.3) is 0 Å². The zero-order valence-corrected chi connectivity index (χ0v) is 16.8. The van der Waals surface area contributed by atoms with Gasteiger partial charge in [0.1, 0.15) is 11.6 Å². The van der Waals surface area contributed by atoms with Crippen molar-refractivity contribution in [2.75, 3.05) is 10.6 Å². The molecule has 2 heterocycles. The van der Waals surface area contributed by atoms with Crippen LogP contribution in [0.3, 0.4) is 0 Å². The molecule has 0 bridgehead atoms. The van der Waals surface area contributed by atoms with E-state index in [0.29, 0.717) is 23.6 Å². The highest BCUT2D eigenvalue weighted by atomic mass is 16.5. The second kappa shape index (κ2) is 7.78. The number of anilines is 4. The van der Waals surface area contributed by atoms with Crippen molar-refractivity contribution in [1.82, 2.24) is 15.1 Å². The number of rotatable bonds is 6. The van der Waals surface area contributed by atoms with Crippen LogP contribution < -0.4 is 10.6 Å². The van der Waals surface area contributed by atoms with Crippen molar-refractivity contribution in [1.29, 1.82) is 0 Å². The minimum absolute atomic E-state index is 0.407. The first kappa shape index (κ1) is 18.9. The molecule has 0 aliphatic carbocycles. The number of benzene rings is 1. The Balaban J connectivity index is 1.96. The van der Waals surface area contributed by atoms with Crippen LogP contribution in [0.2, 0.25) is 0 Å². The zero-order chi connectivity index (χ0) is 19.6. The lowest BCUT2D eigenvalue weighted by Crippen LogP contribution is -2.07. The van der Waals surface area contributed by atoms with Gasteiger partial charge >= 0.3 is 0 Å². The van der Waals surface area contributed by atoms with Gasteiger partial charge in [0, 0.05) is 23.5 Å². The van der Waals surface area contributed by atoms with Gasteiger partial charge in [-0.15, -0.1) is 0 Å². The Bertz CT molecular complexity index is 904. The van der Waals surface area contributed by atoms with E-state index in [1.54, 1.807) is 0 Å². The van der Waals surface area contributed by atoms with Crippen LogP contribution in [-0.4, -0.2) is 15.1 Å². The summed E-state index contributed by atoms with van der Waals surface area (Å²) in [5.41, 5.74) is 4.55. The molecule has 0 aliphatic rings. The highest BCUT2D eigenvalue weighted by molar-refractivity contribution is 5.67. The Labute approximate surface area is 160 Å². The third-order valence-electron chi connectivity index (χ3n) is 4.35. The summed E-state index contributed by atoms with van der Waals surface area (Å²) < 4.78 is 5.09. The van der Waals surface area contributed by atoms with Gasteiger partial charge in [-0.3, -0.25) is 0 Å². The first-order valence-corrected chi connectivity index (χ1v) is 9.29. The van der Waals surface area contributed by atoms with Crippen LogP contribution in [0, 0.1) is 13.8 Å². The van der Waals surface area contributed by atoms with Crippen LogP contribution in [0.1, 0.15) is 62.1 Å². The van der Waals surface area contributed by atoms with E-state index < -0.39 is 0 Å². The molecule has 27 heavy (non-hydrogen) atoms. The highest BCUT2D eigenvalue weighted by Gasteiger charge is 2.15. The third kappa shape index (κ3) is 4.45. The van der Waals surface area contributed by atoms with Crippen LogP contribution >= 0.6 is 0 Å². The maximum atomic E-state index is 5.09. The molecule has 6 heteroatoms. The van der Waals surface area contributed by atoms with Crippen molar-refractivity contribution >= 4 is 23.3 Å².